The molecule has 0 saturated carbocycles. The third-order valence-corrected chi connectivity index (χ3v) is 2.29. The molecule has 0 amide bonds. The Morgan fingerprint density at radius 3 is 2.90 bits per heavy atom. The highest BCUT2D eigenvalue weighted by Gasteiger charge is 2.00. The molecule has 0 aromatic carbocycles. The Balaban J connectivity index is 2.67. The Bertz CT molecular complexity index is 242. The van der Waals surface area contributed by atoms with Crippen LogP contribution >= 0.6 is 22.9 Å². The molecule has 0 bridgehead atoms. The molecule has 0 atom stereocenters. The number of halogens is 1. The quantitative estimate of drug-likeness (QED) is 0.630. The molecule has 0 radical (unpaired) electrons. The van der Waals surface area contributed by atoms with Gasteiger partial charge in [-0.15, -0.1) is 11.3 Å². The van der Waals surface area contributed by atoms with Crippen LogP contribution in [0.4, 0.5) is 0 Å². The Morgan fingerprint density at radius 2 is 2.50 bits per heavy atom. The van der Waals surface area contributed by atoms with Gasteiger partial charge in [0.2, 0.25) is 5.24 Å². The van der Waals surface area contributed by atoms with Gasteiger partial charge in [0.1, 0.15) is 0 Å². The average Bonchev–Trinajstić information content (AvgIpc) is 2.13. The summed E-state index contributed by atoms with van der Waals surface area (Å²) in [5.74, 6) is 0. The summed E-state index contributed by atoms with van der Waals surface area (Å²) in [6.45, 7) is 2.00. The third kappa shape index (κ3) is 2.12. The topological polar surface area (TPSA) is 17.1 Å². The molecule has 1 nitrogen and oxygen atoms in total. The fourth-order valence-electron chi connectivity index (χ4n) is 0.720. The number of thiophene rings is 1. The first-order valence-electron chi connectivity index (χ1n) is 2.91. The van der Waals surface area contributed by atoms with E-state index in [9.17, 15) is 4.79 Å². The zero-order chi connectivity index (χ0) is 7.56. The van der Waals surface area contributed by atoms with Gasteiger partial charge in [-0.3, -0.25) is 4.79 Å². The molecule has 0 fully saturated rings. The van der Waals surface area contributed by atoms with Gasteiger partial charge in [0.05, 0.1) is 6.42 Å². The van der Waals surface area contributed by atoms with Crippen LogP contribution in [0.5, 0.6) is 0 Å². The van der Waals surface area contributed by atoms with Gasteiger partial charge in [-0.25, -0.2) is 0 Å². The van der Waals surface area contributed by atoms with Crippen molar-refractivity contribution in [1.82, 2.24) is 0 Å². The van der Waals surface area contributed by atoms with Gasteiger partial charge in [0.15, 0.2) is 0 Å². The van der Waals surface area contributed by atoms with Crippen molar-refractivity contribution in [2.24, 2.45) is 0 Å². The fraction of sp³-hybridized carbons (Fsp3) is 0.286. The number of hydrogen-bond acceptors (Lipinski definition) is 2. The minimum absolute atomic E-state index is 0.290. The maximum Gasteiger partial charge on any atom is 0.226 e. The lowest BCUT2D eigenvalue weighted by molar-refractivity contribution is -0.111. The van der Waals surface area contributed by atoms with Crippen LogP contribution in [0.15, 0.2) is 11.4 Å². The Hall–Kier alpha value is -0.340. The first-order chi connectivity index (χ1) is 4.68. The van der Waals surface area contributed by atoms with Crippen molar-refractivity contribution < 1.29 is 4.79 Å². The first kappa shape index (κ1) is 7.76. The molecule has 0 saturated heterocycles. The van der Waals surface area contributed by atoms with E-state index in [1.54, 1.807) is 11.3 Å². The molecule has 0 aliphatic rings. The molecule has 0 unspecified atom stereocenters. The van der Waals surface area contributed by atoms with Crippen LogP contribution in [0.3, 0.4) is 0 Å². The zero-order valence-corrected chi connectivity index (χ0v) is 7.13. The van der Waals surface area contributed by atoms with E-state index < -0.39 is 0 Å². The molecule has 1 heterocycles. The van der Waals surface area contributed by atoms with Crippen LogP contribution in [0.25, 0.3) is 0 Å². The van der Waals surface area contributed by atoms with Crippen molar-refractivity contribution in [3.8, 4) is 0 Å². The van der Waals surface area contributed by atoms with Gasteiger partial charge in [0, 0.05) is 4.88 Å². The first-order valence-corrected chi connectivity index (χ1v) is 4.16. The molecule has 1 aromatic rings. The molecule has 0 aliphatic heterocycles. The highest BCUT2D eigenvalue weighted by molar-refractivity contribution is 7.10. The van der Waals surface area contributed by atoms with Crippen LogP contribution in [-0.2, 0) is 11.2 Å². The van der Waals surface area contributed by atoms with Crippen LogP contribution < -0.4 is 0 Å². The zero-order valence-electron chi connectivity index (χ0n) is 5.56. The summed E-state index contributed by atoms with van der Waals surface area (Å²) in [7, 11) is 0. The smallest absolute Gasteiger partial charge is 0.226 e. The summed E-state index contributed by atoms with van der Waals surface area (Å²) < 4.78 is 0. The molecule has 0 N–H and O–H groups in total. The second-order valence-electron chi connectivity index (χ2n) is 2.12. The van der Waals surface area contributed by atoms with E-state index >= 15 is 0 Å². The van der Waals surface area contributed by atoms with Crippen molar-refractivity contribution in [2.45, 2.75) is 13.3 Å². The Morgan fingerprint density at radius 1 is 1.80 bits per heavy atom. The Labute approximate surface area is 68.6 Å². The highest BCUT2D eigenvalue weighted by atomic mass is 35.5. The van der Waals surface area contributed by atoms with Gasteiger partial charge in [-0.1, -0.05) is 0 Å². The third-order valence-electron chi connectivity index (χ3n) is 1.10. The van der Waals surface area contributed by atoms with Crippen LogP contribution in [-0.4, -0.2) is 5.24 Å². The van der Waals surface area contributed by atoms with Gasteiger partial charge in [-0.05, 0) is 35.5 Å². The molecule has 1 aromatic heterocycles. The van der Waals surface area contributed by atoms with E-state index in [-0.39, 0.29) is 5.24 Å². The summed E-state index contributed by atoms with van der Waals surface area (Å²) in [6, 6.07) is 1.98. The number of aryl methyl sites for hydroxylation is 1. The standard InChI is InChI=1S/C7H7ClOS/c1-5-2-6(10-4-5)3-7(8)9/h2,4H,3H2,1H3. The SMILES string of the molecule is Cc1csc(CC(=O)Cl)c1. The van der Waals surface area contributed by atoms with Crippen molar-refractivity contribution in [1.29, 1.82) is 0 Å². The largest absolute Gasteiger partial charge is 0.281 e. The van der Waals surface area contributed by atoms with Crippen LogP contribution in [0, 0.1) is 6.92 Å². The number of carbonyl (C=O) groups is 1. The van der Waals surface area contributed by atoms with Gasteiger partial charge >= 0.3 is 0 Å². The van der Waals surface area contributed by atoms with Crippen LogP contribution in [0.2, 0.25) is 0 Å². The predicted molar refractivity (Wildman–Crippen MR) is 43.6 cm³/mol. The highest BCUT2D eigenvalue weighted by Crippen LogP contribution is 2.14. The van der Waals surface area contributed by atoms with Gasteiger partial charge < -0.3 is 0 Å². The minimum Gasteiger partial charge on any atom is -0.281 e. The van der Waals surface area contributed by atoms with Crippen molar-refractivity contribution in [3.63, 3.8) is 0 Å². The normalized spacial score (nSPS) is 9.80. The van der Waals surface area contributed by atoms with Crippen molar-refractivity contribution >= 4 is 28.2 Å². The molecule has 1 rings (SSSR count). The van der Waals surface area contributed by atoms with Crippen LogP contribution in [0.1, 0.15) is 10.4 Å². The van der Waals surface area contributed by atoms with E-state index in [0.29, 0.717) is 6.42 Å². The maximum atomic E-state index is 10.4. The summed E-state index contributed by atoms with van der Waals surface area (Å²) in [5, 5.41) is 1.72. The van der Waals surface area contributed by atoms with E-state index in [1.807, 2.05) is 18.4 Å². The number of carbonyl (C=O) groups excluding carboxylic acids is 1. The monoisotopic (exact) mass is 174 g/mol. The van der Waals surface area contributed by atoms with E-state index in [4.69, 9.17) is 11.6 Å². The number of rotatable bonds is 2. The number of hydrogen-bond donors (Lipinski definition) is 0. The van der Waals surface area contributed by atoms with Crippen molar-refractivity contribution in [2.75, 3.05) is 0 Å². The lowest BCUT2D eigenvalue weighted by Crippen LogP contribution is -1.88. The lowest BCUT2D eigenvalue weighted by atomic mass is 10.3. The minimum atomic E-state index is -0.290. The summed E-state index contributed by atoms with van der Waals surface area (Å²) in [6.07, 6.45) is 0.361. The van der Waals surface area contributed by atoms with Crippen molar-refractivity contribution in [3.05, 3.63) is 21.9 Å². The molecular formula is C7H7ClOS. The second kappa shape index (κ2) is 3.17. The van der Waals surface area contributed by atoms with E-state index in [1.165, 1.54) is 5.56 Å². The summed E-state index contributed by atoms with van der Waals surface area (Å²) in [4.78, 5) is 11.4. The van der Waals surface area contributed by atoms with Gasteiger partial charge in [0.25, 0.3) is 0 Å². The fourth-order valence-corrected chi connectivity index (χ4v) is 1.82. The maximum absolute atomic E-state index is 10.4. The molecule has 10 heavy (non-hydrogen) atoms. The van der Waals surface area contributed by atoms with E-state index in [0.717, 1.165) is 4.88 Å². The van der Waals surface area contributed by atoms with Gasteiger partial charge in [-0.2, -0.15) is 0 Å². The molecule has 3 heteroatoms. The second-order valence-corrected chi connectivity index (χ2v) is 3.54. The Kier molecular flexibility index (Phi) is 2.46. The average molecular weight is 175 g/mol. The lowest BCUT2D eigenvalue weighted by Gasteiger charge is -1.84. The molecule has 0 aliphatic carbocycles. The summed E-state index contributed by atoms with van der Waals surface area (Å²) in [5.41, 5.74) is 1.19. The molecular weight excluding hydrogens is 168 g/mol. The summed E-state index contributed by atoms with van der Waals surface area (Å²) >= 11 is 6.76. The molecule has 54 valence electrons. The molecule has 0 spiro atoms. The predicted octanol–water partition coefficient (Wildman–Crippen LogP) is 2.36. The van der Waals surface area contributed by atoms with E-state index in [2.05, 4.69) is 0 Å².